The first-order chi connectivity index (χ1) is 13.4. The second-order valence-electron chi connectivity index (χ2n) is 6.96. The van der Waals surface area contributed by atoms with Crippen LogP contribution >= 0.6 is 11.3 Å². The van der Waals surface area contributed by atoms with Crippen LogP contribution in [0.2, 0.25) is 0 Å². The van der Waals surface area contributed by atoms with Crippen LogP contribution < -0.4 is 10.6 Å². The lowest BCUT2D eigenvalue weighted by molar-refractivity contribution is -0.116. The molecule has 0 spiro atoms. The Kier molecular flexibility index (Phi) is 4.72. The zero-order chi connectivity index (χ0) is 19.8. The van der Waals surface area contributed by atoms with Crippen molar-refractivity contribution < 1.29 is 9.59 Å². The summed E-state index contributed by atoms with van der Waals surface area (Å²) in [4.78, 5) is 28.5. The summed E-state index contributed by atoms with van der Waals surface area (Å²) in [6.07, 6.45) is 1.51. The molecule has 4 rings (SSSR count). The van der Waals surface area contributed by atoms with E-state index >= 15 is 0 Å². The van der Waals surface area contributed by atoms with Gasteiger partial charge in [0, 0.05) is 41.4 Å². The van der Waals surface area contributed by atoms with Gasteiger partial charge in [0.25, 0.3) is 0 Å². The predicted octanol–water partition coefficient (Wildman–Crippen LogP) is 3.23. The minimum Gasteiger partial charge on any atom is -0.326 e. The Morgan fingerprint density at radius 3 is 2.89 bits per heavy atom. The molecule has 0 radical (unpaired) electrons. The number of aromatic nitrogens is 3. The second kappa shape index (κ2) is 7.20. The molecule has 0 fully saturated rings. The largest absolute Gasteiger partial charge is 0.326 e. The number of aryl methyl sites for hydroxylation is 3. The first-order valence-corrected chi connectivity index (χ1v) is 9.96. The summed E-state index contributed by atoms with van der Waals surface area (Å²) < 4.78 is 1.79. The third-order valence-corrected chi connectivity index (χ3v) is 5.80. The molecule has 0 saturated carbocycles. The highest BCUT2D eigenvalue weighted by Crippen LogP contribution is 2.30. The van der Waals surface area contributed by atoms with Crippen molar-refractivity contribution in [2.24, 2.45) is 7.05 Å². The third kappa shape index (κ3) is 3.55. The SMILES string of the molecule is Cc1nn(C)c(C)c1CC(=O)Nc1nc(-c2ccc3c(c2)CCC(=O)N3)cs1. The molecule has 0 aliphatic carbocycles. The number of amides is 2. The minimum atomic E-state index is -0.103. The Labute approximate surface area is 166 Å². The van der Waals surface area contributed by atoms with Gasteiger partial charge in [0.05, 0.1) is 17.8 Å². The number of benzene rings is 1. The number of carbonyl (C=O) groups excluding carboxylic acids is 2. The maximum Gasteiger partial charge on any atom is 0.230 e. The molecule has 3 aromatic rings. The molecule has 0 saturated heterocycles. The second-order valence-corrected chi connectivity index (χ2v) is 7.81. The van der Waals surface area contributed by atoms with Gasteiger partial charge in [-0.3, -0.25) is 14.3 Å². The smallest absolute Gasteiger partial charge is 0.230 e. The van der Waals surface area contributed by atoms with E-state index in [9.17, 15) is 9.59 Å². The molecule has 0 atom stereocenters. The van der Waals surface area contributed by atoms with Crippen molar-refractivity contribution in [3.05, 3.63) is 46.1 Å². The number of nitrogens with one attached hydrogen (secondary N) is 2. The van der Waals surface area contributed by atoms with Gasteiger partial charge in [0.15, 0.2) is 5.13 Å². The molecule has 7 nitrogen and oxygen atoms in total. The van der Waals surface area contributed by atoms with Crippen LogP contribution in [0.4, 0.5) is 10.8 Å². The number of rotatable bonds is 4. The molecule has 1 aromatic carbocycles. The Morgan fingerprint density at radius 2 is 2.14 bits per heavy atom. The number of hydrogen-bond donors (Lipinski definition) is 2. The number of thiazole rings is 1. The van der Waals surface area contributed by atoms with Crippen molar-refractivity contribution in [2.45, 2.75) is 33.1 Å². The number of anilines is 2. The van der Waals surface area contributed by atoms with Crippen molar-refractivity contribution >= 4 is 34.0 Å². The zero-order valence-corrected chi connectivity index (χ0v) is 16.8. The summed E-state index contributed by atoms with van der Waals surface area (Å²) in [6, 6.07) is 5.90. The maximum atomic E-state index is 12.4. The number of carbonyl (C=O) groups is 2. The van der Waals surface area contributed by atoms with E-state index in [0.29, 0.717) is 11.6 Å². The van der Waals surface area contributed by atoms with E-state index < -0.39 is 0 Å². The summed E-state index contributed by atoms with van der Waals surface area (Å²) in [6.45, 7) is 3.87. The van der Waals surface area contributed by atoms with Gasteiger partial charge in [-0.1, -0.05) is 6.07 Å². The fourth-order valence-electron chi connectivity index (χ4n) is 3.40. The first-order valence-electron chi connectivity index (χ1n) is 9.08. The van der Waals surface area contributed by atoms with E-state index in [2.05, 4.69) is 26.8 Å². The number of hydrogen-bond acceptors (Lipinski definition) is 5. The van der Waals surface area contributed by atoms with E-state index in [4.69, 9.17) is 0 Å². The van der Waals surface area contributed by atoms with E-state index in [1.165, 1.54) is 11.3 Å². The van der Waals surface area contributed by atoms with Crippen molar-refractivity contribution in [2.75, 3.05) is 10.6 Å². The zero-order valence-electron chi connectivity index (χ0n) is 16.0. The van der Waals surface area contributed by atoms with E-state index in [1.807, 2.05) is 38.4 Å². The molecule has 1 aliphatic heterocycles. The summed E-state index contributed by atoms with van der Waals surface area (Å²) in [5.41, 5.74) is 6.58. The molecule has 2 aromatic heterocycles. The van der Waals surface area contributed by atoms with Crippen molar-refractivity contribution in [3.63, 3.8) is 0 Å². The Balaban J connectivity index is 1.47. The highest BCUT2D eigenvalue weighted by Gasteiger charge is 2.17. The van der Waals surface area contributed by atoms with E-state index in [-0.39, 0.29) is 18.2 Å². The van der Waals surface area contributed by atoms with Gasteiger partial charge in [-0.25, -0.2) is 4.98 Å². The lowest BCUT2D eigenvalue weighted by atomic mass is 9.99. The highest BCUT2D eigenvalue weighted by atomic mass is 32.1. The fourth-order valence-corrected chi connectivity index (χ4v) is 4.14. The van der Waals surface area contributed by atoms with Gasteiger partial charge in [-0.05, 0) is 38.0 Å². The molecule has 1 aliphatic rings. The van der Waals surface area contributed by atoms with Crippen LogP contribution in [-0.4, -0.2) is 26.6 Å². The average Bonchev–Trinajstić information content (AvgIpc) is 3.21. The van der Waals surface area contributed by atoms with Crippen molar-refractivity contribution in [1.82, 2.24) is 14.8 Å². The molecule has 2 amide bonds. The Hall–Kier alpha value is -3.00. The van der Waals surface area contributed by atoms with Gasteiger partial charge >= 0.3 is 0 Å². The fraction of sp³-hybridized carbons (Fsp3) is 0.300. The van der Waals surface area contributed by atoms with Gasteiger partial charge in [0.2, 0.25) is 11.8 Å². The van der Waals surface area contributed by atoms with Gasteiger partial charge < -0.3 is 10.6 Å². The Morgan fingerprint density at radius 1 is 1.32 bits per heavy atom. The van der Waals surface area contributed by atoms with Crippen LogP contribution in [0.15, 0.2) is 23.6 Å². The van der Waals surface area contributed by atoms with Crippen LogP contribution in [0.3, 0.4) is 0 Å². The standard InChI is InChI=1S/C20H21N5O2S/c1-11-15(12(2)25(3)24-11)9-19(27)23-20-22-17(10-28-20)14-4-6-16-13(8-14)5-7-18(26)21-16/h4,6,8,10H,5,7,9H2,1-3H3,(H,21,26)(H,22,23,27). The molecular formula is C20H21N5O2S. The summed E-state index contributed by atoms with van der Waals surface area (Å²) in [5, 5.41) is 12.6. The molecular weight excluding hydrogens is 374 g/mol. The predicted molar refractivity (Wildman–Crippen MR) is 110 cm³/mol. The number of nitrogens with zero attached hydrogens (tertiary/aromatic N) is 3. The monoisotopic (exact) mass is 395 g/mol. The van der Waals surface area contributed by atoms with E-state index in [1.54, 1.807) is 4.68 Å². The van der Waals surface area contributed by atoms with Crippen LogP contribution in [0, 0.1) is 13.8 Å². The quantitative estimate of drug-likeness (QED) is 0.710. The first kappa shape index (κ1) is 18.4. The normalized spacial score (nSPS) is 13.2. The van der Waals surface area contributed by atoms with Gasteiger partial charge in [-0.15, -0.1) is 11.3 Å². The van der Waals surface area contributed by atoms with E-state index in [0.717, 1.165) is 45.9 Å². The molecule has 144 valence electrons. The third-order valence-electron chi connectivity index (χ3n) is 5.04. The van der Waals surface area contributed by atoms with Crippen LogP contribution in [0.5, 0.6) is 0 Å². The van der Waals surface area contributed by atoms with Crippen LogP contribution in [0.25, 0.3) is 11.3 Å². The highest BCUT2D eigenvalue weighted by molar-refractivity contribution is 7.14. The summed E-state index contributed by atoms with van der Waals surface area (Å²) in [5.74, 6) is -0.0498. The number of fused-ring (bicyclic) bond motifs is 1. The molecule has 0 bridgehead atoms. The lowest BCUT2D eigenvalue weighted by Crippen LogP contribution is -2.18. The summed E-state index contributed by atoms with van der Waals surface area (Å²) in [7, 11) is 1.88. The average molecular weight is 395 g/mol. The molecule has 28 heavy (non-hydrogen) atoms. The molecule has 2 N–H and O–H groups in total. The van der Waals surface area contributed by atoms with Gasteiger partial charge in [0.1, 0.15) is 0 Å². The minimum absolute atomic E-state index is 0.0537. The topological polar surface area (TPSA) is 88.9 Å². The maximum absolute atomic E-state index is 12.4. The van der Waals surface area contributed by atoms with Crippen molar-refractivity contribution in [3.8, 4) is 11.3 Å². The Bertz CT molecular complexity index is 1080. The van der Waals surface area contributed by atoms with Crippen LogP contribution in [-0.2, 0) is 29.5 Å². The van der Waals surface area contributed by atoms with Gasteiger partial charge in [-0.2, -0.15) is 5.10 Å². The molecule has 0 unspecified atom stereocenters. The van der Waals surface area contributed by atoms with Crippen LogP contribution in [0.1, 0.15) is 28.9 Å². The molecule has 8 heteroatoms. The molecule has 3 heterocycles. The lowest BCUT2D eigenvalue weighted by Gasteiger charge is -2.17. The van der Waals surface area contributed by atoms with Crippen molar-refractivity contribution in [1.29, 1.82) is 0 Å². The summed E-state index contributed by atoms with van der Waals surface area (Å²) >= 11 is 1.40.